The molecule has 5 nitrogen and oxygen atoms in total. The molecule has 0 aromatic carbocycles. The van der Waals surface area contributed by atoms with Crippen molar-refractivity contribution in [2.24, 2.45) is 0 Å². The number of ether oxygens (including phenoxy) is 1. The lowest BCUT2D eigenvalue weighted by Gasteiger charge is -2.09. The van der Waals surface area contributed by atoms with Crippen molar-refractivity contribution in [1.29, 1.82) is 5.41 Å². The molecule has 10 heavy (non-hydrogen) atoms. The highest BCUT2D eigenvalue weighted by molar-refractivity contribution is 5.78. The molecular weight excluding hydrogens is 136 g/mol. The third-order valence-electron chi connectivity index (χ3n) is 1.21. The number of hydrogen-bond acceptors (Lipinski definition) is 3. The number of hydrogen-bond donors (Lipinski definition) is 2. The molecule has 5 heteroatoms. The molecule has 0 radical (unpaired) electrons. The molecule has 0 amide bonds. The predicted molar refractivity (Wildman–Crippen MR) is 32.9 cm³/mol. The molecule has 0 aromatic heterocycles. The van der Waals surface area contributed by atoms with Gasteiger partial charge in [0.2, 0.25) is 0 Å². The highest BCUT2D eigenvalue weighted by atomic mass is 16.5. The minimum Gasteiger partial charge on any atom is -0.480 e. The van der Waals surface area contributed by atoms with Gasteiger partial charge in [0.25, 0.3) is 6.02 Å². The van der Waals surface area contributed by atoms with Crippen molar-refractivity contribution >= 4 is 12.0 Å². The Morgan fingerprint density at radius 2 is 2.60 bits per heavy atom. The molecule has 0 bridgehead atoms. The average molecular weight is 144 g/mol. The molecule has 1 fully saturated rings. The second-order valence-electron chi connectivity index (χ2n) is 1.97. The van der Waals surface area contributed by atoms with Gasteiger partial charge in [-0.1, -0.05) is 0 Å². The van der Waals surface area contributed by atoms with Crippen molar-refractivity contribution in [1.82, 2.24) is 4.90 Å². The first-order valence-electron chi connectivity index (χ1n) is 2.88. The van der Waals surface area contributed by atoms with Crippen molar-refractivity contribution in [3.8, 4) is 0 Å². The lowest BCUT2D eigenvalue weighted by Crippen LogP contribution is -2.30. The fourth-order valence-electron chi connectivity index (χ4n) is 0.759. The van der Waals surface area contributed by atoms with E-state index in [2.05, 4.69) is 0 Å². The lowest BCUT2D eigenvalue weighted by molar-refractivity contribution is -0.137. The van der Waals surface area contributed by atoms with E-state index in [0.717, 1.165) is 0 Å². The van der Waals surface area contributed by atoms with Crippen LogP contribution in [0.1, 0.15) is 0 Å². The third kappa shape index (κ3) is 1.37. The summed E-state index contributed by atoms with van der Waals surface area (Å²) in [5.41, 5.74) is 0. The Morgan fingerprint density at radius 3 is 3.00 bits per heavy atom. The highest BCUT2D eigenvalue weighted by Crippen LogP contribution is 1.99. The molecule has 2 N–H and O–H groups in total. The summed E-state index contributed by atoms with van der Waals surface area (Å²) in [4.78, 5) is 11.5. The number of carboxylic acids is 1. The predicted octanol–water partition coefficient (Wildman–Crippen LogP) is -0.662. The summed E-state index contributed by atoms with van der Waals surface area (Å²) in [6.07, 6.45) is 0. The Kier molecular flexibility index (Phi) is 1.75. The molecule has 0 spiro atoms. The third-order valence-corrected chi connectivity index (χ3v) is 1.21. The summed E-state index contributed by atoms with van der Waals surface area (Å²) >= 11 is 0. The molecule has 0 aliphatic carbocycles. The zero-order valence-electron chi connectivity index (χ0n) is 5.33. The Bertz CT molecular complexity index is 168. The number of nitrogens with zero attached hydrogens (tertiary/aromatic N) is 1. The maximum absolute atomic E-state index is 10.1. The summed E-state index contributed by atoms with van der Waals surface area (Å²) in [5.74, 6) is -0.935. The van der Waals surface area contributed by atoms with Crippen LogP contribution in [0.3, 0.4) is 0 Å². The van der Waals surface area contributed by atoms with Gasteiger partial charge in [0.1, 0.15) is 13.2 Å². The highest BCUT2D eigenvalue weighted by Gasteiger charge is 2.19. The smallest absolute Gasteiger partial charge is 0.323 e. The normalized spacial score (nSPS) is 17.2. The first-order valence-corrected chi connectivity index (χ1v) is 2.88. The summed E-state index contributed by atoms with van der Waals surface area (Å²) in [7, 11) is 0. The summed E-state index contributed by atoms with van der Waals surface area (Å²) in [6, 6.07) is -0.0394. The molecule has 56 valence electrons. The SMILES string of the molecule is N=C1OCCN1CC(=O)O. The van der Waals surface area contributed by atoms with E-state index in [1.807, 2.05) is 0 Å². The van der Waals surface area contributed by atoms with E-state index in [-0.39, 0.29) is 12.6 Å². The molecule has 0 aromatic rings. The van der Waals surface area contributed by atoms with Gasteiger partial charge in [0, 0.05) is 0 Å². The summed E-state index contributed by atoms with van der Waals surface area (Å²) < 4.78 is 4.71. The van der Waals surface area contributed by atoms with Crippen LogP contribution in [-0.4, -0.2) is 41.7 Å². The van der Waals surface area contributed by atoms with E-state index < -0.39 is 5.97 Å². The van der Waals surface area contributed by atoms with Gasteiger partial charge in [-0.05, 0) is 0 Å². The van der Waals surface area contributed by atoms with Gasteiger partial charge in [-0.15, -0.1) is 0 Å². The van der Waals surface area contributed by atoms with Gasteiger partial charge in [-0.3, -0.25) is 10.2 Å². The monoisotopic (exact) mass is 144 g/mol. The van der Waals surface area contributed by atoms with Gasteiger partial charge in [0.15, 0.2) is 0 Å². The Balaban J connectivity index is 2.40. The second-order valence-corrected chi connectivity index (χ2v) is 1.97. The maximum atomic E-state index is 10.1. The minimum absolute atomic E-state index is 0.0394. The molecule has 1 rings (SSSR count). The standard InChI is InChI=1S/C5H8N2O3/c6-5-7(1-2-10-5)3-4(8)9/h6H,1-3H2,(H,8,9). The van der Waals surface area contributed by atoms with Gasteiger partial charge < -0.3 is 14.7 Å². The van der Waals surface area contributed by atoms with Gasteiger partial charge in [-0.25, -0.2) is 0 Å². The van der Waals surface area contributed by atoms with Crippen molar-refractivity contribution in [3.63, 3.8) is 0 Å². The summed E-state index contributed by atoms with van der Waals surface area (Å²) in [5, 5.41) is 15.3. The molecule has 1 aliphatic heterocycles. The van der Waals surface area contributed by atoms with E-state index in [0.29, 0.717) is 13.2 Å². The lowest BCUT2D eigenvalue weighted by atomic mass is 10.5. The first kappa shape index (κ1) is 6.85. The van der Waals surface area contributed by atoms with Gasteiger partial charge >= 0.3 is 5.97 Å². The molecule has 1 aliphatic rings. The molecule has 1 heterocycles. The van der Waals surface area contributed by atoms with Crippen LogP contribution in [0.4, 0.5) is 0 Å². The van der Waals surface area contributed by atoms with Crippen molar-refractivity contribution in [3.05, 3.63) is 0 Å². The number of carboxylic acid groups (broad SMARTS) is 1. The van der Waals surface area contributed by atoms with E-state index >= 15 is 0 Å². The number of carbonyl (C=O) groups is 1. The number of amidine groups is 1. The second kappa shape index (κ2) is 2.55. The zero-order valence-corrected chi connectivity index (χ0v) is 5.33. The van der Waals surface area contributed by atoms with Gasteiger partial charge in [0.05, 0.1) is 6.54 Å². The van der Waals surface area contributed by atoms with E-state index in [9.17, 15) is 4.79 Å². The van der Waals surface area contributed by atoms with Crippen LogP contribution in [0.2, 0.25) is 0 Å². The average Bonchev–Trinajstić information content (AvgIpc) is 2.15. The van der Waals surface area contributed by atoms with E-state index in [1.165, 1.54) is 4.90 Å². The van der Waals surface area contributed by atoms with Gasteiger partial charge in [-0.2, -0.15) is 0 Å². The quantitative estimate of drug-likeness (QED) is 0.539. The largest absolute Gasteiger partial charge is 0.480 e. The molecule has 1 saturated heterocycles. The van der Waals surface area contributed by atoms with Crippen LogP contribution in [0, 0.1) is 5.41 Å². The van der Waals surface area contributed by atoms with Crippen molar-refractivity contribution in [2.45, 2.75) is 0 Å². The van der Waals surface area contributed by atoms with E-state index in [1.54, 1.807) is 0 Å². The maximum Gasteiger partial charge on any atom is 0.323 e. The molecule has 0 unspecified atom stereocenters. The fourth-order valence-corrected chi connectivity index (χ4v) is 0.759. The van der Waals surface area contributed by atoms with Crippen LogP contribution in [0.15, 0.2) is 0 Å². The Labute approximate surface area is 57.7 Å². The minimum atomic E-state index is -0.935. The van der Waals surface area contributed by atoms with Crippen LogP contribution in [-0.2, 0) is 9.53 Å². The first-order chi connectivity index (χ1) is 4.70. The molecule has 0 atom stereocenters. The molecular formula is C5H8N2O3. The number of rotatable bonds is 2. The van der Waals surface area contributed by atoms with Crippen LogP contribution < -0.4 is 0 Å². The van der Waals surface area contributed by atoms with Crippen molar-refractivity contribution in [2.75, 3.05) is 19.7 Å². The zero-order chi connectivity index (χ0) is 7.56. The molecule has 0 saturated carbocycles. The number of nitrogens with one attached hydrogen (secondary N) is 1. The number of aliphatic carboxylic acids is 1. The van der Waals surface area contributed by atoms with E-state index in [4.69, 9.17) is 15.3 Å². The van der Waals surface area contributed by atoms with Crippen LogP contribution >= 0.6 is 0 Å². The van der Waals surface area contributed by atoms with Crippen LogP contribution in [0.25, 0.3) is 0 Å². The Morgan fingerprint density at radius 1 is 1.90 bits per heavy atom. The summed E-state index contributed by atoms with van der Waals surface area (Å²) in [6.45, 7) is 0.788. The van der Waals surface area contributed by atoms with Crippen molar-refractivity contribution < 1.29 is 14.6 Å². The van der Waals surface area contributed by atoms with Crippen LogP contribution in [0.5, 0.6) is 0 Å². The Hall–Kier alpha value is -1.26. The fraction of sp³-hybridized carbons (Fsp3) is 0.600. The topological polar surface area (TPSA) is 73.6 Å².